The van der Waals surface area contributed by atoms with Crippen molar-refractivity contribution >= 4 is 5.91 Å². The second-order valence-corrected chi connectivity index (χ2v) is 5.64. The number of carbonyl (C=O) groups excluding carboxylic acids is 1. The van der Waals surface area contributed by atoms with Crippen LogP contribution in [-0.4, -0.2) is 56.4 Å². The highest BCUT2D eigenvalue weighted by Crippen LogP contribution is 2.21. The zero-order valence-corrected chi connectivity index (χ0v) is 11.6. The van der Waals surface area contributed by atoms with Crippen LogP contribution in [0.15, 0.2) is 0 Å². The predicted molar refractivity (Wildman–Crippen MR) is 71.3 cm³/mol. The number of nitrogens with two attached hydrogens (primary N) is 1. The summed E-state index contributed by atoms with van der Waals surface area (Å²) in [5, 5.41) is 0. The summed E-state index contributed by atoms with van der Waals surface area (Å²) in [5.74, 6) is 5.53. The summed E-state index contributed by atoms with van der Waals surface area (Å²) in [6.07, 6.45) is 3.85. The number of hydrogen-bond donors (Lipinski definition) is 2. The predicted octanol–water partition coefficient (Wildman–Crippen LogP) is -0.118. The van der Waals surface area contributed by atoms with E-state index in [1.54, 1.807) is 0 Å². The van der Waals surface area contributed by atoms with E-state index in [9.17, 15) is 4.79 Å². The Morgan fingerprint density at radius 1 is 1.37 bits per heavy atom. The van der Waals surface area contributed by atoms with E-state index in [0.717, 1.165) is 45.6 Å². The van der Waals surface area contributed by atoms with Gasteiger partial charge in [0, 0.05) is 19.7 Å². The van der Waals surface area contributed by atoms with Gasteiger partial charge in [-0.1, -0.05) is 0 Å². The van der Waals surface area contributed by atoms with E-state index in [-0.39, 0.29) is 18.1 Å². The van der Waals surface area contributed by atoms with Crippen LogP contribution in [0.1, 0.15) is 25.7 Å². The molecular formula is C13H25N3O3. The first-order valence-corrected chi connectivity index (χ1v) is 7.11. The average molecular weight is 271 g/mol. The maximum absolute atomic E-state index is 11.4. The number of carbonyl (C=O) groups is 1. The van der Waals surface area contributed by atoms with Crippen molar-refractivity contribution in [3.63, 3.8) is 0 Å². The summed E-state index contributed by atoms with van der Waals surface area (Å²) in [6.45, 7) is 3.67. The molecular weight excluding hydrogens is 246 g/mol. The summed E-state index contributed by atoms with van der Waals surface area (Å²) in [6, 6.07) is 0. The number of nitrogens with zero attached hydrogens (tertiary/aromatic N) is 1. The lowest BCUT2D eigenvalue weighted by molar-refractivity contribution is -0.132. The van der Waals surface area contributed by atoms with E-state index in [2.05, 4.69) is 17.4 Å². The lowest BCUT2D eigenvalue weighted by Gasteiger charge is -2.28. The van der Waals surface area contributed by atoms with Crippen LogP contribution in [0.3, 0.4) is 0 Å². The molecule has 2 saturated heterocycles. The molecule has 0 radical (unpaired) electrons. The van der Waals surface area contributed by atoms with E-state index < -0.39 is 0 Å². The van der Waals surface area contributed by atoms with Crippen LogP contribution in [-0.2, 0) is 14.3 Å². The van der Waals surface area contributed by atoms with Gasteiger partial charge in [-0.2, -0.15) is 0 Å². The number of nitrogens with one attached hydrogen (secondary N) is 1. The maximum Gasteiger partial charge on any atom is 0.263 e. The molecule has 6 heteroatoms. The second-order valence-electron chi connectivity index (χ2n) is 5.64. The molecule has 19 heavy (non-hydrogen) atoms. The fourth-order valence-electron chi connectivity index (χ4n) is 2.94. The van der Waals surface area contributed by atoms with Gasteiger partial charge in [-0.25, -0.2) is 5.84 Å². The Bertz CT molecular complexity index is 295. The van der Waals surface area contributed by atoms with Crippen molar-refractivity contribution in [3.05, 3.63) is 0 Å². The Hall–Kier alpha value is -0.690. The van der Waals surface area contributed by atoms with Gasteiger partial charge in [0.05, 0.1) is 12.7 Å². The van der Waals surface area contributed by atoms with Crippen LogP contribution in [0.5, 0.6) is 0 Å². The van der Waals surface area contributed by atoms with Crippen molar-refractivity contribution in [1.82, 2.24) is 10.3 Å². The quantitative estimate of drug-likeness (QED) is 0.414. The second kappa shape index (κ2) is 7.19. The average Bonchev–Trinajstić information content (AvgIpc) is 2.87. The minimum Gasteiger partial charge on any atom is -0.381 e. The van der Waals surface area contributed by atoms with Crippen LogP contribution >= 0.6 is 0 Å². The van der Waals surface area contributed by atoms with E-state index in [1.165, 1.54) is 6.42 Å². The molecule has 3 unspecified atom stereocenters. The van der Waals surface area contributed by atoms with Crippen molar-refractivity contribution in [2.45, 2.75) is 37.9 Å². The van der Waals surface area contributed by atoms with Crippen molar-refractivity contribution in [2.24, 2.45) is 11.8 Å². The highest BCUT2D eigenvalue weighted by Gasteiger charge is 2.31. The Kier molecular flexibility index (Phi) is 5.57. The fourth-order valence-corrected chi connectivity index (χ4v) is 2.94. The standard InChI is InChI=1S/C13H25N3O3/c1-16(7-10-3-2-6-18-9-10)8-11-4-5-12(19-11)13(17)15-14/h10-12H,2-9,14H2,1H3,(H,15,17). The van der Waals surface area contributed by atoms with E-state index in [0.29, 0.717) is 5.92 Å². The van der Waals surface area contributed by atoms with Crippen molar-refractivity contribution in [3.8, 4) is 0 Å². The molecule has 2 heterocycles. The molecule has 0 saturated carbocycles. The van der Waals surface area contributed by atoms with Gasteiger partial charge in [0.15, 0.2) is 0 Å². The lowest BCUT2D eigenvalue weighted by atomic mass is 10.0. The van der Waals surface area contributed by atoms with Crippen LogP contribution in [0.25, 0.3) is 0 Å². The minimum absolute atomic E-state index is 0.136. The third-order valence-electron chi connectivity index (χ3n) is 3.88. The number of hydrazine groups is 1. The smallest absolute Gasteiger partial charge is 0.263 e. The van der Waals surface area contributed by atoms with Gasteiger partial charge in [0.2, 0.25) is 0 Å². The number of hydrogen-bond acceptors (Lipinski definition) is 5. The van der Waals surface area contributed by atoms with Gasteiger partial charge >= 0.3 is 0 Å². The molecule has 0 aromatic heterocycles. The molecule has 0 aliphatic carbocycles. The highest BCUT2D eigenvalue weighted by atomic mass is 16.5. The number of rotatable bonds is 5. The number of ether oxygens (including phenoxy) is 2. The van der Waals surface area contributed by atoms with E-state index in [1.807, 2.05) is 0 Å². The normalized spacial score (nSPS) is 31.6. The molecule has 1 amide bonds. The van der Waals surface area contributed by atoms with Crippen LogP contribution in [0, 0.1) is 5.92 Å². The van der Waals surface area contributed by atoms with Crippen molar-refractivity contribution in [2.75, 3.05) is 33.4 Å². The molecule has 110 valence electrons. The van der Waals surface area contributed by atoms with Crippen LogP contribution < -0.4 is 11.3 Å². The Morgan fingerprint density at radius 3 is 2.89 bits per heavy atom. The van der Waals surface area contributed by atoms with Gasteiger partial charge < -0.3 is 14.4 Å². The van der Waals surface area contributed by atoms with Gasteiger partial charge in [0.1, 0.15) is 6.10 Å². The van der Waals surface area contributed by atoms with Gasteiger partial charge in [-0.15, -0.1) is 0 Å². The zero-order chi connectivity index (χ0) is 13.7. The third-order valence-corrected chi connectivity index (χ3v) is 3.88. The number of amides is 1. The molecule has 0 bridgehead atoms. The zero-order valence-electron chi connectivity index (χ0n) is 11.6. The Morgan fingerprint density at radius 2 is 2.21 bits per heavy atom. The first kappa shape index (κ1) is 14.7. The topological polar surface area (TPSA) is 76.8 Å². The summed E-state index contributed by atoms with van der Waals surface area (Å²) in [7, 11) is 2.11. The summed E-state index contributed by atoms with van der Waals surface area (Å²) in [5.41, 5.74) is 2.15. The van der Waals surface area contributed by atoms with E-state index >= 15 is 0 Å². The summed E-state index contributed by atoms with van der Waals surface area (Å²) in [4.78, 5) is 13.7. The SMILES string of the molecule is CN(CC1CCCOC1)CC1CCC(C(=O)NN)O1. The van der Waals surface area contributed by atoms with Gasteiger partial charge in [-0.05, 0) is 38.6 Å². The molecule has 0 aromatic rings. The molecule has 3 N–H and O–H groups in total. The largest absolute Gasteiger partial charge is 0.381 e. The third kappa shape index (κ3) is 4.42. The Balaban J connectivity index is 1.68. The Labute approximate surface area is 114 Å². The van der Waals surface area contributed by atoms with Gasteiger partial charge in [-0.3, -0.25) is 10.2 Å². The summed E-state index contributed by atoms with van der Waals surface area (Å²) >= 11 is 0. The maximum atomic E-state index is 11.4. The molecule has 2 aliphatic heterocycles. The molecule has 2 fully saturated rings. The molecule has 2 rings (SSSR count). The van der Waals surface area contributed by atoms with Crippen molar-refractivity contribution < 1.29 is 14.3 Å². The molecule has 0 spiro atoms. The lowest BCUT2D eigenvalue weighted by Crippen LogP contribution is -2.40. The van der Waals surface area contributed by atoms with Gasteiger partial charge in [0.25, 0.3) is 5.91 Å². The molecule has 6 nitrogen and oxygen atoms in total. The minimum atomic E-state index is -0.374. The van der Waals surface area contributed by atoms with Crippen LogP contribution in [0.2, 0.25) is 0 Å². The first-order chi connectivity index (χ1) is 9.19. The monoisotopic (exact) mass is 271 g/mol. The highest BCUT2D eigenvalue weighted by molar-refractivity contribution is 5.80. The fraction of sp³-hybridized carbons (Fsp3) is 0.923. The van der Waals surface area contributed by atoms with Crippen LogP contribution in [0.4, 0.5) is 0 Å². The molecule has 0 aromatic carbocycles. The molecule has 2 aliphatic rings. The number of likely N-dealkylation sites (N-methyl/N-ethyl adjacent to an activating group) is 1. The summed E-state index contributed by atoms with van der Waals surface area (Å²) < 4.78 is 11.2. The van der Waals surface area contributed by atoms with Crippen molar-refractivity contribution in [1.29, 1.82) is 0 Å². The van der Waals surface area contributed by atoms with E-state index in [4.69, 9.17) is 15.3 Å². The molecule has 3 atom stereocenters. The first-order valence-electron chi connectivity index (χ1n) is 7.11.